The predicted molar refractivity (Wildman–Crippen MR) is 98.0 cm³/mol. The Bertz CT molecular complexity index is 711. The second-order valence-electron chi connectivity index (χ2n) is 6.21. The maximum absolute atomic E-state index is 13.3. The Morgan fingerprint density at radius 1 is 1.28 bits per heavy atom. The van der Waals surface area contributed by atoms with Gasteiger partial charge < -0.3 is 20.1 Å². The van der Waals surface area contributed by atoms with Gasteiger partial charge in [-0.15, -0.1) is 0 Å². The van der Waals surface area contributed by atoms with Crippen LogP contribution in [0.25, 0.3) is 0 Å². The number of nitrogens with zero attached hydrogens (tertiary/aromatic N) is 1. The summed E-state index contributed by atoms with van der Waals surface area (Å²) in [5, 5.41) is 12.9. The summed E-state index contributed by atoms with van der Waals surface area (Å²) in [6.45, 7) is 3.87. The number of piperazine rings is 1. The molecule has 134 valence electrons. The van der Waals surface area contributed by atoms with Crippen molar-refractivity contribution in [2.75, 3.05) is 31.2 Å². The molecule has 2 atom stereocenters. The molecular weight excluding hydrogens is 343 g/mol. The Hall–Kier alpha value is -1.82. The van der Waals surface area contributed by atoms with Crippen LogP contribution in [0.5, 0.6) is 5.75 Å². The van der Waals surface area contributed by atoms with Gasteiger partial charge in [0.25, 0.3) is 0 Å². The van der Waals surface area contributed by atoms with Crippen LogP contribution in [-0.4, -0.2) is 37.5 Å². The zero-order chi connectivity index (χ0) is 17.8. The summed E-state index contributed by atoms with van der Waals surface area (Å²) in [5.74, 6) is 0.389. The quantitative estimate of drug-likeness (QED) is 0.853. The van der Waals surface area contributed by atoms with Crippen molar-refractivity contribution in [3.8, 4) is 5.75 Å². The van der Waals surface area contributed by atoms with E-state index >= 15 is 0 Å². The van der Waals surface area contributed by atoms with Crippen LogP contribution in [0.4, 0.5) is 10.1 Å². The van der Waals surface area contributed by atoms with Crippen LogP contribution in [0.2, 0.25) is 5.02 Å². The largest absolute Gasteiger partial charge is 0.491 e. The van der Waals surface area contributed by atoms with Crippen molar-refractivity contribution >= 4 is 17.3 Å². The third-order valence-corrected chi connectivity index (χ3v) is 4.65. The molecule has 2 aromatic carbocycles. The summed E-state index contributed by atoms with van der Waals surface area (Å²) >= 11 is 6.50. The molecule has 1 unspecified atom stereocenters. The van der Waals surface area contributed by atoms with E-state index in [0.717, 1.165) is 24.3 Å². The molecule has 0 aliphatic carbocycles. The van der Waals surface area contributed by atoms with E-state index in [0.29, 0.717) is 16.8 Å². The average Bonchev–Trinajstić information content (AvgIpc) is 2.61. The Morgan fingerprint density at radius 2 is 2.04 bits per heavy atom. The van der Waals surface area contributed by atoms with Crippen molar-refractivity contribution in [2.45, 2.75) is 19.0 Å². The minimum atomic E-state index is -0.240. The molecular formula is C19H22ClFN2O2. The molecule has 1 fully saturated rings. The molecule has 0 saturated carbocycles. The minimum absolute atomic E-state index is 0.0404. The van der Waals surface area contributed by atoms with Crippen molar-refractivity contribution in [3.63, 3.8) is 0 Å². The van der Waals surface area contributed by atoms with E-state index in [4.69, 9.17) is 21.4 Å². The number of aliphatic hydroxyl groups is 1. The number of ether oxygens (including phenoxy) is 1. The molecule has 0 spiro atoms. The lowest BCUT2D eigenvalue weighted by atomic mass is 10.0. The first-order chi connectivity index (χ1) is 12.1. The molecule has 3 rings (SSSR count). The minimum Gasteiger partial charge on any atom is -0.491 e. The van der Waals surface area contributed by atoms with Crippen LogP contribution in [0, 0.1) is 5.82 Å². The smallest absolute Gasteiger partial charge is 0.123 e. The molecule has 0 amide bonds. The highest BCUT2D eigenvalue weighted by Gasteiger charge is 2.28. The van der Waals surface area contributed by atoms with E-state index in [1.807, 2.05) is 24.3 Å². The van der Waals surface area contributed by atoms with Gasteiger partial charge in [-0.1, -0.05) is 23.7 Å². The Balaban J connectivity index is 1.89. The third kappa shape index (κ3) is 4.24. The van der Waals surface area contributed by atoms with Crippen molar-refractivity contribution < 1.29 is 14.2 Å². The average molecular weight is 365 g/mol. The first kappa shape index (κ1) is 18.0. The second kappa shape index (κ2) is 8.04. The van der Waals surface area contributed by atoms with Gasteiger partial charge in [0.15, 0.2) is 0 Å². The number of hydrogen-bond donors (Lipinski definition) is 2. The van der Waals surface area contributed by atoms with Crippen molar-refractivity contribution in [3.05, 3.63) is 58.9 Å². The van der Waals surface area contributed by atoms with Gasteiger partial charge in [-0.25, -0.2) is 4.39 Å². The van der Waals surface area contributed by atoms with Gasteiger partial charge in [-0.3, -0.25) is 0 Å². The molecule has 1 aliphatic rings. The van der Waals surface area contributed by atoms with Crippen molar-refractivity contribution in [2.24, 2.45) is 0 Å². The number of benzene rings is 2. The molecule has 0 aromatic heterocycles. The van der Waals surface area contributed by atoms with Gasteiger partial charge in [0.2, 0.25) is 0 Å². The summed E-state index contributed by atoms with van der Waals surface area (Å²) in [4.78, 5) is 2.24. The summed E-state index contributed by atoms with van der Waals surface area (Å²) < 4.78 is 18.7. The van der Waals surface area contributed by atoms with E-state index in [-0.39, 0.29) is 25.1 Å². The molecule has 25 heavy (non-hydrogen) atoms. The third-order valence-electron chi connectivity index (χ3n) is 4.35. The molecule has 0 bridgehead atoms. The zero-order valence-corrected chi connectivity index (χ0v) is 14.8. The van der Waals surface area contributed by atoms with Crippen LogP contribution in [-0.2, 0) is 0 Å². The zero-order valence-electron chi connectivity index (χ0n) is 14.1. The fourth-order valence-corrected chi connectivity index (χ4v) is 3.41. The van der Waals surface area contributed by atoms with E-state index in [2.05, 4.69) is 17.1 Å². The Morgan fingerprint density at radius 3 is 2.72 bits per heavy atom. The molecule has 2 aromatic rings. The molecule has 0 radical (unpaired) electrons. The maximum Gasteiger partial charge on any atom is 0.123 e. The standard InChI is InChI=1S/C19H22ClFN2O2/c1-13-12-23(18-7-6-16(10-17(18)20)25-9-8-24)19(11-22-13)14-2-4-15(21)5-3-14/h2-7,10,13,19,22,24H,8-9,11-12H2,1H3/t13?,19-/m0/s1. The summed E-state index contributed by atoms with van der Waals surface area (Å²) in [6.07, 6.45) is 0. The number of anilines is 1. The van der Waals surface area contributed by atoms with Crippen molar-refractivity contribution in [1.82, 2.24) is 5.32 Å². The van der Waals surface area contributed by atoms with Crippen LogP contribution < -0.4 is 15.0 Å². The predicted octanol–water partition coefficient (Wildman–Crippen LogP) is 3.39. The highest BCUT2D eigenvalue weighted by molar-refractivity contribution is 6.33. The summed E-state index contributed by atoms with van der Waals surface area (Å²) in [5.41, 5.74) is 1.96. The molecule has 1 heterocycles. The molecule has 2 N–H and O–H groups in total. The summed E-state index contributed by atoms with van der Waals surface area (Å²) in [7, 11) is 0. The van der Waals surface area contributed by atoms with Crippen LogP contribution in [0.3, 0.4) is 0 Å². The van der Waals surface area contributed by atoms with E-state index in [1.54, 1.807) is 6.07 Å². The fourth-order valence-electron chi connectivity index (χ4n) is 3.13. The van der Waals surface area contributed by atoms with Crippen LogP contribution in [0.1, 0.15) is 18.5 Å². The topological polar surface area (TPSA) is 44.7 Å². The lowest BCUT2D eigenvalue weighted by Gasteiger charge is -2.41. The maximum atomic E-state index is 13.3. The number of hydrogen-bond acceptors (Lipinski definition) is 4. The van der Waals surface area contributed by atoms with E-state index in [1.165, 1.54) is 12.1 Å². The van der Waals surface area contributed by atoms with Gasteiger partial charge in [-0.2, -0.15) is 0 Å². The van der Waals surface area contributed by atoms with Crippen LogP contribution >= 0.6 is 11.6 Å². The highest BCUT2D eigenvalue weighted by atomic mass is 35.5. The van der Waals surface area contributed by atoms with E-state index in [9.17, 15) is 4.39 Å². The fraction of sp³-hybridized carbons (Fsp3) is 0.368. The summed E-state index contributed by atoms with van der Waals surface area (Å²) in [6, 6.07) is 12.5. The molecule has 6 heteroatoms. The number of rotatable bonds is 5. The van der Waals surface area contributed by atoms with Gasteiger partial charge in [-0.05, 0) is 36.8 Å². The number of halogens is 2. The Labute approximate surface area is 152 Å². The lowest BCUT2D eigenvalue weighted by molar-refractivity contribution is 0.201. The highest BCUT2D eigenvalue weighted by Crippen LogP contribution is 2.36. The molecule has 1 aliphatic heterocycles. The normalized spacial score (nSPS) is 20.6. The van der Waals surface area contributed by atoms with Gasteiger partial charge in [0.1, 0.15) is 18.2 Å². The van der Waals surface area contributed by atoms with Crippen LogP contribution in [0.15, 0.2) is 42.5 Å². The second-order valence-corrected chi connectivity index (χ2v) is 6.62. The Kier molecular flexibility index (Phi) is 5.78. The first-order valence-electron chi connectivity index (χ1n) is 8.37. The first-order valence-corrected chi connectivity index (χ1v) is 8.75. The van der Waals surface area contributed by atoms with Gasteiger partial charge in [0.05, 0.1) is 23.4 Å². The van der Waals surface area contributed by atoms with Gasteiger partial charge >= 0.3 is 0 Å². The number of aliphatic hydroxyl groups excluding tert-OH is 1. The van der Waals surface area contributed by atoms with Crippen molar-refractivity contribution in [1.29, 1.82) is 0 Å². The molecule has 4 nitrogen and oxygen atoms in total. The monoisotopic (exact) mass is 364 g/mol. The number of nitrogens with one attached hydrogen (secondary N) is 1. The van der Waals surface area contributed by atoms with E-state index < -0.39 is 0 Å². The molecule has 1 saturated heterocycles. The lowest BCUT2D eigenvalue weighted by Crippen LogP contribution is -2.51. The SMILES string of the molecule is CC1CN(c2ccc(OCCO)cc2Cl)[C@H](c2ccc(F)cc2)CN1. The van der Waals surface area contributed by atoms with Gasteiger partial charge in [0, 0.05) is 25.2 Å².